The van der Waals surface area contributed by atoms with E-state index in [1.54, 1.807) is 20.8 Å². The van der Waals surface area contributed by atoms with E-state index >= 15 is 0 Å². The van der Waals surface area contributed by atoms with Gasteiger partial charge in [0.1, 0.15) is 0 Å². The van der Waals surface area contributed by atoms with Gasteiger partial charge in [0.15, 0.2) is 0 Å². The van der Waals surface area contributed by atoms with Crippen molar-refractivity contribution in [3.8, 4) is 0 Å². The summed E-state index contributed by atoms with van der Waals surface area (Å²) in [6, 6.07) is 0. The zero-order chi connectivity index (χ0) is 33.1. The van der Waals surface area contributed by atoms with E-state index < -0.39 is 59.1 Å². The quantitative estimate of drug-likeness (QED) is 0.0844. The SMILES string of the molecule is CCCCC(CC)CP(CC)(CC(CC)CCCC)(CC(CC)CCCC)N(S(=O)(=O)C(F)(F)F)S(=O)(=O)C(F)(F)F. The summed E-state index contributed by atoms with van der Waals surface area (Å²) >= 11 is 0. The van der Waals surface area contributed by atoms with Crippen molar-refractivity contribution in [1.82, 2.24) is 3.48 Å². The molecule has 0 saturated carbocycles. The standard InChI is InChI=1S/C28H56F6NO4PS2/c1-8-15-18-24(11-4)21-40(14-7,22-25(12-5)19-16-9-2,23-26(13-6)20-17-10-3)35(41(36,37)27(29,30)31)42(38,39)28(32,33)34/h24-26H,8-23H2,1-7H3. The third-order valence-corrected chi connectivity index (χ3v) is 23.2. The molecule has 256 valence electrons. The topological polar surface area (TPSA) is 71.5 Å². The van der Waals surface area contributed by atoms with Crippen LogP contribution in [0.15, 0.2) is 0 Å². The molecular formula is C28H56F6NO4PS2. The van der Waals surface area contributed by atoms with Gasteiger partial charge in [0.2, 0.25) is 0 Å². The van der Waals surface area contributed by atoms with Gasteiger partial charge in [-0.1, -0.05) is 0 Å². The van der Waals surface area contributed by atoms with Gasteiger partial charge in [-0.3, -0.25) is 0 Å². The van der Waals surface area contributed by atoms with Crippen LogP contribution in [0.3, 0.4) is 0 Å². The molecule has 0 aromatic rings. The van der Waals surface area contributed by atoms with Crippen LogP contribution in [0.25, 0.3) is 0 Å². The van der Waals surface area contributed by atoms with Crippen LogP contribution >= 0.6 is 6.75 Å². The van der Waals surface area contributed by atoms with E-state index in [1.807, 2.05) is 20.8 Å². The minimum atomic E-state index is -6.95. The number of halogens is 6. The van der Waals surface area contributed by atoms with Crippen molar-refractivity contribution in [3.63, 3.8) is 0 Å². The Bertz CT molecular complexity index is 911. The van der Waals surface area contributed by atoms with Gasteiger partial charge in [-0.05, 0) is 0 Å². The molecule has 0 radical (unpaired) electrons. The van der Waals surface area contributed by atoms with Gasteiger partial charge >= 0.3 is 252 Å². The number of sulfonamides is 2. The van der Waals surface area contributed by atoms with Gasteiger partial charge < -0.3 is 0 Å². The Morgan fingerprint density at radius 3 is 0.976 bits per heavy atom. The molecule has 0 aromatic heterocycles. The summed E-state index contributed by atoms with van der Waals surface area (Å²) in [6.45, 7) is 7.35. The molecule has 5 nitrogen and oxygen atoms in total. The summed E-state index contributed by atoms with van der Waals surface area (Å²) < 4.78 is 140. The molecule has 0 saturated heterocycles. The van der Waals surface area contributed by atoms with Crippen LogP contribution in [0.2, 0.25) is 0 Å². The first kappa shape index (κ1) is 41.9. The second kappa shape index (κ2) is 17.0. The fraction of sp³-hybridized carbons (Fsp3) is 1.00. The Morgan fingerprint density at radius 1 is 0.548 bits per heavy atom. The monoisotopic (exact) mass is 679 g/mol. The summed E-state index contributed by atoms with van der Waals surface area (Å²) in [6.07, 6.45) is 5.51. The van der Waals surface area contributed by atoms with Crippen molar-refractivity contribution in [2.24, 2.45) is 17.8 Å². The molecule has 3 atom stereocenters. The second-order valence-corrected chi connectivity index (χ2v) is 22.4. The van der Waals surface area contributed by atoms with E-state index in [1.165, 1.54) is 6.92 Å². The maximum atomic E-state index is 14.5. The van der Waals surface area contributed by atoms with Crippen molar-refractivity contribution in [3.05, 3.63) is 0 Å². The summed E-state index contributed by atoms with van der Waals surface area (Å²) in [7, 11) is -13.9. The zero-order valence-electron chi connectivity index (χ0n) is 26.7. The molecule has 14 heteroatoms. The van der Waals surface area contributed by atoms with E-state index in [2.05, 4.69) is 0 Å². The van der Waals surface area contributed by atoms with Gasteiger partial charge in [0, 0.05) is 0 Å². The maximum absolute atomic E-state index is 14.5. The van der Waals surface area contributed by atoms with Crippen molar-refractivity contribution < 1.29 is 43.2 Å². The van der Waals surface area contributed by atoms with Crippen LogP contribution in [-0.4, -0.2) is 56.0 Å². The second-order valence-electron chi connectivity index (χ2n) is 12.1. The fourth-order valence-corrected chi connectivity index (χ4v) is 22.9. The molecular weight excluding hydrogens is 623 g/mol. The van der Waals surface area contributed by atoms with Crippen molar-refractivity contribution in [2.75, 3.05) is 24.6 Å². The number of alkyl halides is 6. The van der Waals surface area contributed by atoms with Crippen LogP contribution in [0.1, 0.15) is 126 Å². The van der Waals surface area contributed by atoms with Crippen LogP contribution in [0, 0.1) is 17.8 Å². The number of hydrogen-bond donors (Lipinski definition) is 0. The minimum absolute atomic E-state index is 0.269. The Labute approximate surface area is 252 Å². The molecule has 0 N–H and O–H groups in total. The van der Waals surface area contributed by atoms with E-state index in [0.29, 0.717) is 57.8 Å². The van der Waals surface area contributed by atoms with Crippen LogP contribution in [0.5, 0.6) is 0 Å². The van der Waals surface area contributed by atoms with Gasteiger partial charge in [-0.2, -0.15) is 0 Å². The summed E-state index contributed by atoms with van der Waals surface area (Å²) in [4.78, 5) is 0. The van der Waals surface area contributed by atoms with Gasteiger partial charge in [-0.25, -0.2) is 0 Å². The molecule has 0 amide bonds. The first-order chi connectivity index (χ1) is 19.2. The predicted molar refractivity (Wildman–Crippen MR) is 164 cm³/mol. The average Bonchev–Trinajstić information content (AvgIpc) is 2.89. The van der Waals surface area contributed by atoms with E-state index in [9.17, 15) is 43.2 Å². The van der Waals surface area contributed by atoms with E-state index in [0.717, 1.165) is 19.3 Å². The summed E-state index contributed by atoms with van der Waals surface area (Å²) in [5.74, 6) is -1.28. The zero-order valence-corrected chi connectivity index (χ0v) is 29.2. The molecule has 3 unspecified atom stereocenters. The van der Waals surface area contributed by atoms with Crippen LogP contribution in [0.4, 0.5) is 26.3 Å². The van der Waals surface area contributed by atoms with E-state index in [4.69, 9.17) is 0 Å². The molecule has 0 aliphatic carbocycles. The number of rotatable bonds is 22. The van der Waals surface area contributed by atoms with Gasteiger partial charge in [0.25, 0.3) is 0 Å². The molecule has 0 bridgehead atoms. The molecule has 42 heavy (non-hydrogen) atoms. The normalized spacial score (nSPS) is 17.1. The molecule has 0 heterocycles. The summed E-state index contributed by atoms with van der Waals surface area (Å²) in [5, 5.41) is 0. The summed E-state index contributed by atoms with van der Waals surface area (Å²) in [5.41, 5.74) is -12.5. The first-order valence-corrected chi connectivity index (χ1v) is 21.5. The molecule has 0 rings (SSSR count). The number of hydrogen-bond acceptors (Lipinski definition) is 4. The van der Waals surface area contributed by atoms with Crippen LogP contribution in [-0.2, 0) is 20.0 Å². The predicted octanol–water partition coefficient (Wildman–Crippen LogP) is 10.1. The molecule has 0 aliphatic heterocycles. The van der Waals surface area contributed by atoms with Gasteiger partial charge in [-0.15, -0.1) is 0 Å². The Hall–Kier alpha value is -0.130. The number of unbranched alkanes of at least 4 members (excludes halogenated alkanes) is 3. The molecule has 0 fully saturated rings. The Balaban J connectivity index is 8.38. The van der Waals surface area contributed by atoms with Crippen molar-refractivity contribution in [2.45, 2.75) is 137 Å². The molecule has 0 aromatic carbocycles. The Morgan fingerprint density at radius 2 is 0.810 bits per heavy atom. The first-order valence-electron chi connectivity index (χ1n) is 15.7. The fourth-order valence-electron chi connectivity index (χ4n) is 6.58. The Kier molecular flexibility index (Phi) is 16.9. The third-order valence-electron chi connectivity index (χ3n) is 9.08. The van der Waals surface area contributed by atoms with Gasteiger partial charge in [0.05, 0.1) is 0 Å². The molecule has 0 spiro atoms. The van der Waals surface area contributed by atoms with E-state index in [-0.39, 0.29) is 24.6 Å². The molecule has 0 aliphatic rings. The third kappa shape index (κ3) is 9.93. The van der Waals surface area contributed by atoms with Crippen LogP contribution < -0.4 is 0 Å². The average molecular weight is 680 g/mol. The van der Waals surface area contributed by atoms with Crippen molar-refractivity contribution in [1.29, 1.82) is 0 Å². The van der Waals surface area contributed by atoms with Crippen molar-refractivity contribution >= 4 is 26.8 Å². The number of nitrogens with zero attached hydrogens (tertiary/aromatic N) is 1.